The number of aryl methyl sites for hydroxylation is 1. The van der Waals surface area contributed by atoms with Crippen molar-refractivity contribution >= 4 is 22.3 Å². The number of hydrogen-bond donors (Lipinski definition) is 2. The topological polar surface area (TPSA) is 43.4 Å². The smallest absolute Gasteiger partial charge is 0.0813 e. The number of benzene rings is 1. The molecule has 4 heteroatoms. The molecule has 1 aromatic heterocycles. The van der Waals surface area contributed by atoms with E-state index in [0.29, 0.717) is 0 Å². The van der Waals surface area contributed by atoms with Crippen LogP contribution in [0.4, 0.5) is 5.69 Å². The molecule has 1 fully saturated rings. The largest absolute Gasteiger partial charge is 0.370 e. The van der Waals surface area contributed by atoms with Gasteiger partial charge in [0.1, 0.15) is 0 Å². The summed E-state index contributed by atoms with van der Waals surface area (Å²) in [4.78, 5) is 6.35. The zero-order valence-electron chi connectivity index (χ0n) is 16.7. The second-order valence-electron chi connectivity index (χ2n) is 9.22. The molecule has 5 rings (SSSR count). The number of nitrogens with one attached hydrogen (secondary N) is 2. The van der Waals surface area contributed by atoms with E-state index in [4.69, 9.17) is 0 Å². The quantitative estimate of drug-likeness (QED) is 0.803. The number of allylic oxidation sites excluding steroid dienone is 1. The highest BCUT2D eigenvalue weighted by Crippen LogP contribution is 2.45. The third-order valence-corrected chi connectivity index (χ3v) is 6.44. The van der Waals surface area contributed by atoms with Gasteiger partial charge < -0.3 is 9.88 Å². The van der Waals surface area contributed by atoms with E-state index in [9.17, 15) is 0 Å². The molecule has 0 saturated heterocycles. The molecule has 0 radical (unpaired) electrons. The lowest BCUT2D eigenvalue weighted by molar-refractivity contribution is 0.544. The van der Waals surface area contributed by atoms with Crippen LogP contribution in [0, 0.1) is 5.92 Å². The van der Waals surface area contributed by atoms with Crippen LogP contribution in [-0.2, 0) is 11.8 Å². The van der Waals surface area contributed by atoms with Crippen LogP contribution in [0.2, 0.25) is 0 Å². The van der Waals surface area contributed by atoms with Crippen molar-refractivity contribution in [3.05, 3.63) is 41.2 Å². The summed E-state index contributed by atoms with van der Waals surface area (Å²) in [6.07, 6.45) is 10.3. The molecule has 2 N–H and O–H groups in total. The van der Waals surface area contributed by atoms with Crippen LogP contribution in [0.5, 0.6) is 0 Å². The molecule has 0 amide bonds. The number of rotatable bonds is 2. The molecule has 0 unspecified atom stereocenters. The molecule has 3 heterocycles. The van der Waals surface area contributed by atoms with E-state index in [1.807, 2.05) is 6.20 Å². The molecular weight excluding hydrogens is 332 g/mol. The lowest BCUT2D eigenvalue weighted by atomic mass is 9.86. The first-order valence-corrected chi connectivity index (χ1v) is 10.4. The van der Waals surface area contributed by atoms with Crippen LogP contribution in [0.15, 0.2) is 29.5 Å². The molecule has 0 spiro atoms. The van der Waals surface area contributed by atoms with Crippen molar-refractivity contribution in [2.45, 2.75) is 58.3 Å². The molecule has 1 aliphatic carbocycles. The van der Waals surface area contributed by atoms with Crippen molar-refractivity contribution in [3.63, 3.8) is 0 Å². The molecule has 27 heavy (non-hydrogen) atoms. The van der Waals surface area contributed by atoms with Crippen molar-refractivity contribution in [1.82, 2.24) is 10.4 Å². The Bertz CT molecular complexity index is 943. The Morgan fingerprint density at radius 1 is 1.26 bits per heavy atom. The Balaban J connectivity index is 1.65. The van der Waals surface area contributed by atoms with Crippen molar-refractivity contribution in [2.24, 2.45) is 11.0 Å². The summed E-state index contributed by atoms with van der Waals surface area (Å²) < 4.78 is 0. The maximum atomic E-state index is 4.53. The molecule has 0 bridgehead atoms. The number of aromatic nitrogens is 1. The van der Waals surface area contributed by atoms with Gasteiger partial charge in [0.05, 0.1) is 11.4 Å². The fourth-order valence-corrected chi connectivity index (χ4v) is 4.80. The van der Waals surface area contributed by atoms with Gasteiger partial charge in [0, 0.05) is 41.3 Å². The maximum absolute atomic E-state index is 4.53. The average molecular weight is 363 g/mol. The molecule has 1 saturated carbocycles. The molecule has 4 nitrogen and oxygen atoms in total. The highest BCUT2D eigenvalue weighted by atomic mass is 15.3. The van der Waals surface area contributed by atoms with E-state index in [0.717, 1.165) is 31.0 Å². The van der Waals surface area contributed by atoms with Gasteiger partial charge in [-0.3, -0.25) is 5.43 Å². The molecule has 3 aliphatic rings. The minimum absolute atomic E-state index is 0.210. The predicted octanol–water partition coefficient (Wildman–Crippen LogP) is 4.84. The van der Waals surface area contributed by atoms with Crippen LogP contribution in [0.25, 0.3) is 10.9 Å². The summed E-state index contributed by atoms with van der Waals surface area (Å²) in [5.74, 6) is 0.911. The van der Waals surface area contributed by atoms with Crippen LogP contribution in [0.1, 0.15) is 63.3 Å². The third-order valence-electron chi connectivity index (χ3n) is 6.44. The van der Waals surface area contributed by atoms with Gasteiger partial charge in [0.15, 0.2) is 0 Å². The number of nitrogens with zero attached hydrogens (tertiary/aromatic N) is 2. The van der Waals surface area contributed by atoms with Crippen molar-refractivity contribution in [2.75, 3.05) is 18.0 Å². The van der Waals surface area contributed by atoms with Gasteiger partial charge in [-0.2, -0.15) is 5.10 Å². The summed E-state index contributed by atoms with van der Waals surface area (Å²) in [6.45, 7) is 9.24. The second-order valence-corrected chi connectivity index (χ2v) is 9.22. The summed E-state index contributed by atoms with van der Waals surface area (Å²) >= 11 is 0. The van der Waals surface area contributed by atoms with Gasteiger partial charge in [0.2, 0.25) is 0 Å². The number of H-pyrrole nitrogens is 1. The maximum Gasteiger partial charge on any atom is 0.0813 e. The molecular formula is C23H30N4. The Hall–Kier alpha value is -2.23. The minimum Gasteiger partial charge on any atom is -0.370 e. The Kier molecular flexibility index (Phi) is 3.85. The van der Waals surface area contributed by atoms with Crippen LogP contribution >= 0.6 is 0 Å². The minimum atomic E-state index is 0.210. The third kappa shape index (κ3) is 2.95. The van der Waals surface area contributed by atoms with Crippen molar-refractivity contribution in [3.8, 4) is 0 Å². The number of hydrazone groups is 1. The Labute approximate surface area is 161 Å². The number of fused-ring (bicyclic) bond motifs is 4. The Morgan fingerprint density at radius 3 is 2.93 bits per heavy atom. The van der Waals surface area contributed by atoms with Crippen LogP contribution < -0.4 is 10.3 Å². The van der Waals surface area contributed by atoms with E-state index >= 15 is 0 Å². The van der Waals surface area contributed by atoms with E-state index in [2.05, 4.69) is 59.4 Å². The summed E-state index contributed by atoms with van der Waals surface area (Å²) in [6, 6.07) is 4.89. The van der Waals surface area contributed by atoms with Gasteiger partial charge in [-0.1, -0.05) is 19.9 Å². The second kappa shape index (κ2) is 6.15. The summed E-state index contributed by atoms with van der Waals surface area (Å²) in [5.41, 5.74) is 11.2. The Morgan fingerprint density at radius 2 is 2.11 bits per heavy atom. The molecule has 2 aliphatic heterocycles. The predicted molar refractivity (Wildman–Crippen MR) is 114 cm³/mol. The molecule has 0 atom stereocenters. The zero-order valence-corrected chi connectivity index (χ0v) is 16.7. The fraction of sp³-hybridized carbons (Fsp3) is 0.522. The highest BCUT2D eigenvalue weighted by molar-refractivity contribution is 6.05. The summed E-state index contributed by atoms with van der Waals surface area (Å²) in [5, 5.41) is 5.92. The van der Waals surface area contributed by atoms with Gasteiger partial charge in [-0.15, -0.1) is 0 Å². The van der Waals surface area contributed by atoms with Gasteiger partial charge in [-0.05, 0) is 68.2 Å². The lowest BCUT2D eigenvalue weighted by Crippen LogP contribution is -2.30. The first-order valence-electron chi connectivity index (χ1n) is 10.4. The van der Waals surface area contributed by atoms with E-state index in [1.54, 1.807) is 0 Å². The first-order chi connectivity index (χ1) is 13.0. The van der Waals surface area contributed by atoms with Crippen molar-refractivity contribution < 1.29 is 0 Å². The monoisotopic (exact) mass is 362 g/mol. The number of aromatic amines is 1. The molecule has 142 valence electrons. The average Bonchev–Trinajstić information content (AvgIpc) is 3.32. The normalized spacial score (nSPS) is 24.7. The van der Waals surface area contributed by atoms with Crippen LogP contribution in [0.3, 0.4) is 0 Å². The molecule has 1 aromatic carbocycles. The lowest BCUT2D eigenvalue weighted by Gasteiger charge is -2.22. The number of hydrogen-bond acceptors (Lipinski definition) is 3. The van der Waals surface area contributed by atoms with Gasteiger partial charge >= 0.3 is 0 Å². The fourth-order valence-electron chi connectivity index (χ4n) is 4.80. The number of anilines is 1. The van der Waals surface area contributed by atoms with Gasteiger partial charge in [0.25, 0.3) is 0 Å². The van der Waals surface area contributed by atoms with Crippen molar-refractivity contribution in [1.29, 1.82) is 0 Å². The standard InChI is InChI=1S/C23H30N4/c1-15-22-17(7-5-4-6-10-24-26-15)18-11-21-19(12-20(18)25-22)23(2,3)14-27(21)13-16-8-9-16/h6,10-12,16,24-25H,4-5,7-9,13-14H2,1-3H3/b10-6+,26-15+. The van der Waals surface area contributed by atoms with E-state index < -0.39 is 0 Å². The zero-order chi connectivity index (χ0) is 18.6. The highest BCUT2D eigenvalue weighted by Gasteiger charge is 2.38. The van der Waals surface area contributed by atoms with E-state index in [1.165, 1.54) is 59.2 Å². The SMILES string of the molecule is C/C1=N\N/C=C/CCCc2c1[nH]c1cc3c(cc21)N(CC1CC1)CC3(C)C. The van der Waals surface area contributed by atoms with Gasteiger partial charge in [-0.25, -0.2) is 0 Å². The van der Waals surface area contributed by atoms with E-state index in [-0.39, 0.29) is 5.41 Å². The molecule has 2 aromatic rings. The summed E-state index contributed by atoms with van der Waals surface area (Å²) in [7, 11) is 0. The first kappa shape index (κ1) is 16.9. The van der Waals surface area contributed by atoms with Crippen LogP contribution in [-0.4, -0.2) is 23.8 Å².